The van der Waals surface area contributed by atoms with Gasteiger partial charge in [-0.25, -0.2) is 0 Å². The molecule has 54 valence electrons. The molecule has 0 atom stereocenters. The number of aliphatic hydroxyl groups excluding tert-OH is 1. The summed E-state index contributed by atoms with van der Waals surface area (Å²) < 4.78 is 0. The third kappa shape index (κ3) is 0.855. The predicted octanol–water partition coefficient (Wildman–Crippen LogP) is 0.790. The molecule has 0 aliphatic heterocycles. The molecule has 0 saturated heterocycles. The maximum absolute atomic E-state index is 9.15. The van der Waals surface area contributed by atoms with Crippen LogP contribution in [0.3, 0.4) is 0 Å². The second-order valence-electron chi connectivity index (χ2n) is 2.63. The molecule has 0 amide bonds. The summed E-state index contributed by atoms with van der Waals surface area (Å²) in [4.78, 5) is 0. The summed E-state index contributed by atoms with van der Waals surface area (Å²) in [6.45, 7) is 3.85. The Morgan fingerprint density at radius 1 is 1.18 bits per heavy atom. The fraction of sp³-hybridized carbons (Fsp3) is 0. The van der Waals surface area contributed by atoms with E-state index in [1.165, 1.54) is 0 Å². The van der Waals surface area contributed by atoms with E-state index >= 15 is 0 Å². The molecule has 1 nitrogen and oxygen atoms in total. The number of fused-ring (bicyclic) bond motifs is 1. The Hall–Kier alpha value is -1.50. The summed E-state index contributed by atoms with van der Waals surface area (Å²) in [6, 6.07) is 5.83. The summed E-state index contributed by atoms with van der Waals surface area (Å²) in [7, 11) is 0. The van der Waals surface area contributed by atoms with Gasteiger partial charge in [-0.05, 0) is 28.2 Å². The Bertz CT molecular complexity index is 427. The van der Waals surface area contributed by atoms with E-state index in [0.29, 0.717) is 5.76 Å². The number of benzene rings is 1. The Kier molecular flexibility index (Phi) is 1.13. The van der Waals surface area contributed by atoms with Crippen LogP contribution in [0.1, 0.15) is 5.56 Å². The van der Waals surface area contributed by atoms with Crippen LogP contribution in [0.4, 0.5) is 0 Å². The number of hydrogen-bond acceptors (Lipinski definition) is 1. The molecular formula is C10H8O. The summed E-state index contributed by atoms with van der Waals surface area (Å²) in [5.41, 5.74) is 1.05. The molecule has 0 radical (unpaired) electrons. The molecule has 11 heavy (non-hydrogen) atoms. The smallest absolute Gasteiger partial charge is 0.116 e. The summed E-state index contributed by atoms with van der Waals surface area (Å²) in [5, 5.41) is 11.1. The van der Waals surface area contributed by atoms with Crippen molar-refractivity contribution in [1.82, 2.24) is 0 Å². The van der Waals surface area contributed by atoms with Crippen molar-refractivity contribution in [2.45, 2.75) is 0 Å². The zero-order valence-corrected chi connectivity index (χ0v) is 6.04. The zero-order valence-electron chi connectivity index (χ0n) is 6.04. The first kappa shape index (κ1) is 6.23. The van der Waals surface area contributed by atoms with Gasteiger partial charge in [0.15, 0.2) is 0 Å². The maximum atomic E-state index is 9.15. The summed E-state index contributed by atoms with van der Waals surface area (Å²) in [5.74, 6) is 0.316. The third-order valence-corrected chi connectivity index (χ3v) is 1.83. The molecule has 0 spiro atoms. The quantitative estimate of drug-likeness (QED) is 0.570. The second kappa shape index (κ2) is 1.99. The summed E-state index contributed by atoms with van der Waals surface area (Å²) >= 11 is 0. The van der Waals surface area contributed by atoms with E-state index in [1.807, 2.05) is 18.2 Å². The van der Waals surface area contributed by atoms with Gasteiger partial charge in [-0.15, -0.1) is 0 Å². The highest BCUT2D eigenvalue weighted by Gasteiger charge is 2.01. The predicted molar refractivity (Wildman–Crippen MR) is 46.3 cm³/mol. The topological polar surface area (TPSA) is 20.2 Å². The molecule has 0 fully saturated rings. The highest BCUT2D eigenvalue weighted by molar-refractivity contribution is 5.69. The van der Waals surface area contributed by atoms with E-state index in [2.05, 4.69) is 6.58 Å². The minimum atomic E-state index is 0.316. The molecule has 0 heterocycles. The largest absolute Gasteiger partial charge is 0.508 e. The van der Waals surface area contributed by atoms with Gasteiger partial charge in [0.05, 0.1) is 0 Å². The van der Waals surface area contributed by atoms with Gasteiger partial charge in [-0.2, -0.15) is 0 Å². The van der Waals surface area contributed by atoms with Crippen molar-refractivity contribution >= 4 is 18.7 Å². The Morgan fingerprint density at radius 2 is 2.00 bits per heavy atom. The van der Waals surface area contributed by atoms with Crippen LogP contribution in [0.2, 0.25) is 0 Å². The van der Waals surface area contributed by atoms with Gasteiger partial charge in [0, 0.05) is 0 Å². The lowest BCUT2D eigenvalue weighted by molar-refractivity contribution is 0.448. The van der Waals surface area contributed by atoms with Crippen LogP contribution in [0, 0.1) is 0 Å². The van der Waals surface area contributed by atoms with E-state index in [-0.39, 0.29) is 0 Å². The molecule has 0 bridgehead atoms. The normalized spacial score (nSPS) is 13.6. The van der Waals surface area contributed by atoms with Gasteiger partial charge < -0.3 is 5.11 Å². The number of rotatable bonds is 0. The molecule has 0 saturated carbocycles. The molecule has 1 aliphatic carbocycles. The zero-order chi connectivity index (χ0) is 7.84. The highest BCUT2D eigenvalue weighted by atomic mass is 16.3. The molecule has 2 rings (SSSR count). The fourth-order valence-corrected chi connectivity index (χ4v) is 1.28. The lowest BCUT2D eigenvalue weighted by atomic mass is 10.2. The van der Waals surface area contributed by atoms with Crippen molar-refractivity contribution in [2.75, 3.05) is 0 Å². The number of hydrogen-bond donors (Lipinski definition) is 1. The van der Waals surface area contributed by atoms with Crippen LogP contribution in [-0.2, 0) is 0 Å². The Balaban J connectivity index is 2.90. The number of aliphatic hydroxyl groups is 1. The molecule has 1 N–H and O–H groups in total. The summed E-state index contributed by atoms with van der Waals surface area (Å²) in [6.07, 6.45) is 3.47. The van der Waals surface area contributed by atoms with Gasteiger partial charge in [0.1, 0.15) is 5.76 Å². The van der Waals surface area contributed by atoms with Crippen molar-refractivity contribution in [3.8, 4) is 0 Å². The van der Waals surface area contributed by atoms with E-state index < -0.39 is 0 Å². The minimum Gasteiger partial charge on any atom is -0.508 e. The molecule has 1 aromatic carbocycles. The Labute approximate surface area is 64.6 Å². The molecule has 1 aromatic rings. The van der Waals surface area contributed by atoms with Crippen LogP contribution in [-0.4, -0.2) is 5.11 Å². The molecule has 1 aliphatic rings. The van der Waals surface area contributed by atoms with E-state index in [4.69, 9.17) is 5.11 Å². The average molecular weight is 144 g/mol. The van der Waals surface area contributed by atoms with E-state index in [9.17, 15) is 0 Å². The second-order valence-corrected chi connectivity index (χ2v) is 2.63. The van der Waals surface area contributed by atoms with Gasteiger partial charge >= 0.3 is 0 Å². The molecule has 0 aromatic heterocycles. The van der Waals surface area contributed by atoms with Crippen molar-refractivity contribution < 1.29 is 5.11 Å². The van der Waals surface area contributed by atoms with Crippen molar-refractivity contribution in [3.05, 3.63) is 40.0 Å². The van der Waals surface area contributed by atoms with Crippen LogP contribution >= 0.6 is 0 Å². The first-order valence-electron chi connectivity index (χ1n) is 3.48. The van der Waals surface area contributed by atoms with Crippen LogP contribution in [0.25, 0.3) is 18.7 Å². The van der Waals surface area contributed by atoms with E-state index in [1.54, 1.807) is 12.2 Å². The lowest BCUT2D eigenvalue weighted by Gasteiger charge is -1.88. The fourth-order valence-electron chi connectivity index (χ4n) is 1.28. The average Bonchev–Trinajstić information content (AvgIpc) is 2.31. The van der Waals surface area contributed by atoms with Gasteiger partial charge in [-0.1, -0.05) is 24.8 Å². The third-order valence-electron chi connectivity index (χ3n) is 1.83. The molecule has 1 heteroatoms. The Morgan fingerprint density at radius 3 is 2.73 bits per heavy atom. The van der Waals surface area contributed by atoms with Crippen molar-refractivity contribution in [1.29, 1.82) is 0 Å². The van der Waals surface area contributed by atoms with Crippen LogP contribution < -0.4 is 10.4 Å². The van der Waals surface area contributed by atoms with Crippen molar-refractivity contribution in [3.63, 3.8) is 0 Å². The van der Waals surface area contributed by atoms with Gasteiger partial charge in [0.2, 0.25) is 0 Å². The van der Waals surface area contributed by atoms with E-state index in [0.717, 1.165) is 16.0 Å². The number of allylic oxidation sites excluding steroid dienone is 1. The highest BCUT2D eigenvalue weighted by Crippen LogP contribution is 2.05. The van der Waals surface area contributed by atoms with Crippen LogP contribution in [0.15, 0.2) is 24.0 Å². The maximum Gasteiger partial charge on any atom is 0.116 e. The molecular weight excluding hydrogens is 136 g/mol. The SMILES string of the molecule is C=c1cccc2c1=CC(O)=C2. The first-order valence-corrected chi connectivity index (χ1v) is 3.48. The van der Waals surface area contributed by atoms with Crippen molar-refractivity contribution in [2.24, 2.45) is 0 Å². The molecule has 0 unspecified atom stereocenters. The lowest BCUT2D eigenvalue weighted by Crippen LogP contribution is -2.23. The standard InChI is InChI=1S/C10H8O/c1-7-3-2-4-8-5-9(11)6-10(7)8/h2-6,11H,1H2. The van der Waals surface area contributed by atoms with Gasteiger partial charge in [0.25, 0.3) is 0 Å². The van der Waals surface area contributed by atoms with Crippen LogP contribution in [0.5, 0.6) is 0 Å². The monoisotopic (exact) mass is 144 g/mol. The minimum absolute atomic E-state index is 0.316. The first-order chi connectivity index (χ1) is 5.27. The van der Waals surface area contributed by atoms with Gasteiger partial charge in [-0.3, -0.25) is 0 Å².